The number of hydrogen-bond acceptors (Lipinski definition) is 2. The van der Waals surface area contributed by atoms with Crippen molar-refractivity contribution in [2.45, 2.75) is 13.3 Å². The SMILES string of the molecule is CCCNCCNC(=O)c1ccc(Cl)c(F)c1.Cl. The summed E-state index contributed by atoms with van der Waals surface area (Å²) in [4.78, 5) is 11.6. The molecule has 0 aromatic heterocycles. The quantitative estimate of drug-likeness (QED) is 0.792. The van der Waals surface area contributed by atoms with E-state index in [2.05, 4.69) is 17.6 Å². The molecule has 2 N–H and O–H groups in total. The molecule has 0 atom stereocenters. The predicted octanol–water partition coefficient (Wildman–Crippen LogP) is 2.63. The highest BCUT2D eigenvalue weighted by Crippen LogP contribution is 2.15. The second-order valence-corrected chi connectivity index (χ2v) is 4.04. The van der Waals surface area contributed by atoms with Gasteiger partial charge in [-0.3, -0.25) is 4.79 Å². The van der Waals surface area contributed by atoms with E-state index < -0.39 is 5.82 Å². The Bertz CT molecular complexity index is 388. The maximum atomic E-state index is 13.1. The van der Waals surface area contributed by atoms with E-state index in [4.69, 9.17) is 11.6 Å². The zero-order valence-corrected chi connectivity index (χ0v) is 11.7. The highest BCUT2D eigenvalue weighted by atomic mass is 35.5. The largest absolute Gasteiger partial charge is 0.351 e. The zero-order valence-electron chi connectivity index (χ0n) is 10.1. The molecule has 0 fully saturated rings. The molecule has 1 rings (SSSR count). The van der Waals surface area contributed by atoms with Crippen LogP contribution in [0.2, 0.25) is 5.02 Å². The number of halogens is 3. The van der Waals surface area contributed by atoms with Crippen molar-refractivity contribution in [1.29, 1.82) is 0 Å². The molecule has 0 aliphatic rings. The van der Waals surface area contributed by atoms with Crippen molar-refractivity contribution in [1.82, 2.24) is 10.6 Å². The fourth-order valence-electron chi connectivity index (χ4n) is 1.31. The average Bonchev–Trinajstić information content (AvgIpc) is 2.32. The molecule has 1 aromatic rings. The van der Waals surface area contributed by atoms with Gasteiger partial charge < -0.3 is 10.6 Å². The molecular weight excluding hydrogens is 278 g/mol. The Morgan fingerprint density at radius 2 is 2.06 bits per heavy atom. The van der Waals surface area contributed by atoms with E-state index >= 15 is 0 Å². The molecule has 1 aromatic carbocycles. The lowest BCUT2D eigenvalue weighted by atomic mass is 10.2. The topological polar surface area (TPSA) is 41.1 Å². The highest BCUT2D eigenvalue weighted by molar-refractivity contribution is 6.30. The minimum absolute atomic E-state index is 0. The van der Waals surface area contributed by atoms with Crippen LogP contribution in [-0.4, -0.2) is 25.5 Å². The third-order valence-corrected chi connectivity index (χ3v) is 2.50. The first-order chi connectivity index (χ1) is 8.15. The number of carbonyl (C=O) groups excluding carboxylic acids is 1. The molecule has 0 aliphatic heterocycles. The Kier molecular flexibility index (Phi) is 8.71. The summed E-state index contributed by atoms with van der Waals surface area (Å²) in [5.41, 5.74) is 0.280. The molecule has 0 unspecified atom stereocenters. The van der Waals surface area contributed by atoms with Gasteiger partial charge in [-0.1, -0.05) is 18.5 Å². The van der Waals surface area contributed by atoms with Gasteiger partial charge in [0.1, 0.15) is 5.82 Å². The Labute approximate surface area is 118 Å². The number of rotatable bonds is 6. The van der Waals surface area contributed by atoms with Crippen LogP contribution in [0.25, 0.3) is 0 Å². The Balaban J connectivity index is 0.00000289. The summed E-state index contributed by atoms with van der Waals surface area (Å²) in [5.74, 6) is -0.873. The second kappa shape index (κ2) is 9.14. The predicted molar refractivity (Wildman–Crippen MR) is 74.2 cm³/mol. The van der Waals surface area contributed by atoms with Crippen molar-refractivity contribution in [3.05, 3.63) is 34.6 Å². The molecule has 0 heterocycles. The van der Waals surface area contributed by atoms with Crippen molar-refractivity contribution in [3.63, 3.8) is 0 Å². The van der Waals surface area contributed by atoms with Gasteiger partial charge in [0.15, 0.2) is 0 Å². The maximum Gasteiger partial charge on any atom is 0.251 e. The molecule has 0 radical (unpaired) electrons. The van der Waals surface area contributed by atoms with Crippen LogP contribution in [-0.2, 0) is 0 Å². The maximum absolute atomic E-state index is 13.1. The molecule has 102 valence electrons. The van der Waals surface area contributed by atoms with Crippen LogP contribution in [0.3, 0.4) is 0 Å². The Morgan fingerprint density at radius 1 is 1.33 bits per heavy atom. The standard InChI is InChI=1S/C12H16ClFN2O.ClH/c1-2-5-15-6-7-16-12(17)9-3-4-10(13)11(14)8-9;/h3-4,8,15H,2,5-7H2,1H3,(H,16,17);1H. The average molecular weight is 295 g/mol. The summed E-state index contributed by atoms with van der Waals surface area (Å²) in [6.45, 7) is 4.21. The minimum Gasteiger partial charge on any atom is -0.351 e. The van der Waals surface area contributed by atoms with Crippen molar-refractivity contribution >= 4 is 29.9 Å². The van der Waals surface area contributed by atoms with E-state index in [0.717, 1.165) is 19.0 Å². The van der Waals surface area contributed by atoms with Crippen molar-refractivity contribution in [3.8, 4) is 0 Å². The van der Waals surface area contributed by atoms with E-state index in [0.29, 0.717) is 13.1 Å². The van der Waals surface area contributed by atoms with Gasteiger partial charge in [0.25, 0.3) is 5.91 Å². The molecule has 0 spiro atoms. The lowest BCUT2D eigenvalue weighted by Gasteiger charge is -2.06. The van der Waals surface area contributed by atoms with E-state index in [1.54, 1.807) is 0 Å². The molecule has 18 heavy (non-hydrogen) atoms. The molecular formula is C12H17Cl2FN2O. The summed E-state index contributed by atoms with van der Waals surface area (Å²) in [6, 6.07) is 4.01. The fraction of sp³-hybridized carbons (Fsp3) is 0.417. The molecule has 0 bridgehead atoms. The molecule has 6 heteroatoms. The van der Waals surface area contributed by atoms with Crippen LogP contribution < -0.4 is 10.6 Å². The fourth-order valence-corrected chi connectivity index (χ4v) is 1.42. The van der Waals surface area contributed by atoms with Crippen molar-refractivity contribution in [2.24, 2.45) is 0 Å². The van der Waals surface area contributed by atoms with Crippen LogP contribution in [0.5, 0.6) is 0 Å². The monoisotopic (exact) mass is 294 g/mol. The van der Waals surface area contributed by atoms with Gasteiger partial charge in [0.2, 0.25) is 0 Å². The Hall–Kier alpha value is -0.840. The first kappa shape index (κ1) is 17.2. The van der Waals surface area contributed by atoms with Gasteiger partial charge >= 0.3 is 0 Å². The third-order valence-electron chi connectivity index (χ3n) is 2.20. The minimum atomic E-state index is -0.580. The lowest BCUT2D eigenvalue weighted by molar-refractivity contribution is 0.0953. The van der Waals surface area contributed by atoms with Crippen LogP contribution >= 0.6 is 24.0 Å². The number of amides is 1. The molecule has 0 aliphatic carbocycles. The summed E-state index contributed by atoms with van der Waals surface area (Å²) in [7, 11) is 0. The summed E-state index contributed by atoms with van der Waals surface area (Å²) in [6.07, 6.45) is 1.05. The normalized spacial score (nSPS) is 9.72. The van der Waals surface area contributed by atoms with E-state index in [1.165, 1.54) is 12.1 Å². The molecule has 0 saturated carbocycles. The van der Waals surface area contributed by atoms with Gasteiger partial charge in [0.05, 0.1) is 5.02 Å². The first-order valence-corrected chi connectivity index (χ1v) is 5.97. The number of benzene rings is 1. The number of carbonyl (C=O) groups is 1. The molecule has 0 saturated heterocycles. The van der Waals surface area contributed by atoms with Gasteiger partial charge in [0, 0.05) is 18.7 Å². The number of hydrogen-bond donors (Lipinski definition) is 2. The second-order valence-electron chi connectivity index (χ2n) is 3.63. The van der Waals surface area contributed by atoms with E-state index in [1.807, 2.05) is 0 Å². The third kappa shape index (κ3) is 5.67. The highest BCUT2D eigenvalue weighted by Gasteiger charge is 2.07. The van der Waals surface area contributed by atoms with Gasteiger partial charge in [-0.05, 0) is 31.2 Å². The number of nitrogens with one attached hydrogen (secondary N) is 2. The zero-order chi connectivity index (χ0) is 12.7. The first-order valence-electron chi connectivity index (χ1n) is 5.59. The van der Waals surface area contributed by atoms with E-state index in [9.17, 15) is 9.18 Å². The Morgan fingerprint density at radius 3 is 2.67 bits per heavy atom. The summed E-state index contributed by atoms with van der Waals surface area (Å²) >= 11 is 5.53. The lowest BCUT2D eigenvalue weighted by Crippen LogP contribution is -2.32. The smallest absolute Gasteiger partial charge is 0.251 e. The summed E-state index contributed by atoms with van der Waals surface area (Å²) < 4.78 is 13.1. The van der Waals surface area contributed by atoms with Crippen LogP contribution in [0.1, 0.15) is 23.7 Å². The van der Waals surface area contributed by atoms with Crippen LogP contribution in [0.4, 0.5) is 4.39 Å². The van der Waals surface area contributed by atoms with E-state index in [-0.39, 0.29) is 28.9 Å². The van der Waals surface area contributed by atoms with Gasteiger partial charge in [-0.2, -0.15) is 0 Å². The van der Waals surface area contributed by atoms with Crippen LogP contribution in [0.15, 0.2) is 18.2 Å². The van der Waals surface area contributed by atoms with Gasteiger partial charge in [-0.25, -0.2) is 4.39 Å². The van der Waals surface area contributed by atoms with Gasteiger partial charge in [-0.15, -0.1) is 12.4 Å². The van der Waals surface area contributed by atoms with Crippen molar-refractivity contribution in [2.75, 3.05) is 19.6 Å². The molecule has 1 amide bonds. The van der Waals surface area contributed by atoms with Crippen LogP contribution in [0, 0.1) is 5.82 Å². The molecule has 3 nitrogen and oxygen atoms in total. The van der Waals surface area contributed by atoms with Crippen molar-refractivity contribution < 1.29 is 9.18 Å². The summed E-state index contributed by atoms with van der Waals surface area (Å²) in [5, 5.41) is 5.87.